The van der Waals surface area contributed by atoms with E-state index >= 15 is 0 Å². The molecule has 0 amide bonds. The second-order valence-corrected chi connectivity index (χ2v) is 2.52. The van der Waals surface area contributed by atoms with Gasteiger partial charge in [-0.05, 0) is 18.9 Å². The summed E-state index contributed by atoms with van der Waals surface area (Å²) in [6.45, 7) is 1.40. The summed E-state index contributed by atoms with van der Waals surface area (Å²) in [5, 5.41) is 0. The standard InChI is InChI=1S/C9H10O2/c1-3-8-4-5-9(6-8)11-7(2)10/h1,6,9H,4-5H2,2H3. The Bertz CT molecular complexity index is 232. The number of hydrogen-bond acceptors (Lipinski definition) is 2. The number of allylic oxidation sites excluding steroid dienone is 1. The zero-order valence-electron chi connectivity index (χ0n) is 6.46. The van der Waals surface area contributed by atoms with Crippen LogP contribution in [0.15, 0.2) is 11.6 Å². The van der Waals surface area contributed by atoms with Crippen LogP contribution in [0.5, 0.6) is 0 Å². The molecule has 1 unspecified atom stereocenters. The van der Waals surface area contributed by atoms with Crippen LogP contribution < -0.4 is 0 Å². The first kappa shape index (κ1) is 7.87. The smallest absolute Gasteiger partial charge is 0.303 e. The highest BCUT2D eigenvalue weighted by Crippen LogP contribution is 2.19. The third-order valence-electron chi connectivity index (χ3n) is 1.59. The highest BCUT2D eigenvalue weighted by atomic mass is 16.5. The van der Waals surface area contributed by atoms with Crippen molar-refractivity contribution < 1.29 is 9.53 Å². The summed E-state index contributed by atoms with van der Waals surface area (Å²) in [6.07, 6.45) is 8.61. The van der Waals surface area contributed by atoms with Crippen molar-refractivity contribution in [3.8, 4) is 12.3 Å². The fraction of sp³-hybridized carbons (Fsp3) is 0.444. The summed E-state index contributed by atoms with van der Waals surface area (Å²) in [5.74, 6) is 2.29. The Hall–Kier alpha value is -1.23. The quantitative estimate of drug-likeness (QED) is 0.415. The van der Waals surface area contributed by atoms with Gasteiger partial charge >= 0.3 is 5.97 Å². The van der Waals surface area contributed by atoms with E-state index in [1.54, 1.807) is 0 Å². The van der Waals surface area contributed by atoms with Crippen molar-refractivity contribution >= 4 is 5.97 Å². The average molecular weight is 150 g/mol. The van der Waals surface area contributed by atoms with Gasteiger partial charge in [-0.1, -0.05) is 5.92 Å². The largest absolute Gasteiger partial charge is 0.458 e. The number of carbonyl (C=O) groups is 1. The molecule has 0 aliphatic heterocycles. The van der Waals surface area contributed by atoms with Gasteiger partial charge in [-0.25, -0.2) is 0 Å². The Kier molecular flexibility index (Phi) is 2.32. The highest BCUT2D eigenvalue weighted by molar-refractivity contribution is 5.66. The van der Waals surface area contributed by atoms with Gasteiger partial charge in [-0.15, -0.1) is 6.42 Å². The van der Waals surface area contributed by atoms with Crippen LogP contribution in [-0.2, 0) is 9.53 Å². The normalized spacial score (nSPS) is 22.2. The van der Waals surface area contributed by atoms with Gasteiger partial charge in [-0.2, -0.15) is 0 Å². The molecule has 58 valence electrons. The minimum absolute atomic E-state index is 0.0847. The Balaban J connectivity index is 2.48. The Morgan fingerprint density at radius 3 is 3.09 bits per heavy atom. The molecular formula is C9H10O2. The molecule has 1 rings (SSSR count). The molecule has 0 saturated heterocycles. The molecule has 0 aromatic carbocycles. The lowest BCUT2D eigenvalue weighted by molar-refractivity contribution is -0.144. The first-order valence-electron chi connectivity index (χ1n) is 3.57. The lowest BCUT2D eigenvalue weighted by Crippen LogP contribution is -2.09. The Morgan fingerprint density at radius 2 is 2.64 bits per heavy atom. The van der Waals surface area contributed by atoms with Crippen LogP contribution in [0.4, 0.5) is 0 Å². The van der Waals surface area contributed by atoms with Crippen molar-refractivity contribution in [3.05, 3.63) is 11.6 Å². The average Bonchev–Trinajstić information content (AvgIpc) is 2.34. The van der Waals surface area contributed by atoms with Crippen molar-refractivity contribution in [2.45, 2.75) is 25.9 Å². The first-order valence-corrected chi connectivity index (χ1v) is 3.57. The summed E-state index contributed by atoms with van der Waals surface area (Å²) in [5.41, 5.74) is 0.941. The third-order valence-corrected chi connectivity index (χ3v) is 1.59. The van der Waals surface area contributed by atoms with Gasteiger partial charge in [0.05, 0.1) is 0 Å². The number of ether oxygens (including phenoxy) is 1. The lowest BCUT2D eigenvalue weighted by Gasteiger charge is -2.05. The fourth-order valence-corrected chi connectivity index (χ4v) is 1.12. The highest BCUT2D eigenvalue weighted by Gasteiger charge is 2.16. The molecule has 0 bridgehead atoms. The molecule has 0 spiro atoms. The monoisotopic (exact) mass is 150 g/mol. The molecule has 2 heteroatoms. The van der Waals surface area contributed by atoms with E-state index in [0.717, 1.165) is 18.4 Å². The molecule has 0 aromatic heterocycles. The lowest BCUT2D eigenvalue weighted by atomic mass is 10.2. The maximum Gasteiger partial charge on any atom is 0.303 e. The van der Waals surface area contributed by atoms with Gasteiger partial charge in [0.1, 0.15) is 6.10 Å². The summed E-state index contributed by atoms with van der Waals surface area (Å²) < 4.78 is 4.93. The van der Waals surface area contributed by atoms with Gasteiger partial charge in [0.2, 0.25) is 0 Å². The second-order valence-electron chi connectivity index (χ2n) is 2.52. The summed E-state index contributed by atoms with van der Waals surface area (Å²) in [4.78, 5) is 10.5. The molecule has 0 N–H and O–H groups in total. The Labute approximate surface area is 66.2 Å². The summed E-state index contributed by atoms with van der Waals surface area (Å²) >= 11 is 0. The van der Waals surface area contributed by atoms with Crippen molar-refractivity contribution in [2.24, 2.45) is 0 Å². The van der Waals surface area contributed by atoms with Crippen molar-refractivity contribution in [1.29, 1.82) is 0 Å². The van der Waals surface area contributed by atoms with E-state index in [0.29, 0.717) is 0 Å². The fourth-order valence-electron chi connectivity index (χ4n) is 1.12. The molecule has 11 heavy (non-hydrogen) atoms. The number of terminal acetylenes is 1. The molecular weight excluding hydrogens is 140 g/mol. The van der Waals surface area contributed by atoms with Crippen LogP contribution in [-0.4, -0.2) is 12.1 Å². The summed E-state index contributed by atoms with van der Waals surface area (Å²) in [7, 11) is 0. The predicted molar refractivity (Wildman–Crippen MR) is 41.7 cm³/mol. The van der Waals surface area contributed by atoms with Crippen LogP contribution in [0, 0.1) is 12.3 Å². The zero-order chi connectivity index (χ0) is 8.27. The predicted octanol–water partition coefficient (Wildman–Crippen LogP) is 1.27. The minimum Gasteiger partial charge on any atom is -0.458 e. The molecule has 0 aromatic rings. The van der Waals surface area contributed by atoms with Gasteiger partial charge in [0.25, 0.3) is 0 Å². The first-order chi connectivity index (χ1) is 5.22. The molecule has 0 radical (unpaired) electrons. The number of rotatable bonds is 1. The molecule has 1 atom stereocenters. The van der Waals surface area contributed by atoms with Gasteiger partial charge in [0, 0.05) is 12.5 Å². The van der Waals surface area contributed by atoms with Crippen LogP contribution in [0.25, 0.3) is 0 Å². The van der Waals surface area contributed by atoms with E-state index in [4.69, 9.17) is 11.2 Å². The van der Waals surface area contributed by atoms with Gasteiger partial charge in [-0.3, -0.25) is 4.79 Å². The topological polar surface area (TPSA) is 26.3 Å². The van der Waals surface area contributed by atoms with Crippen molar-refractivity contribution in [1.82, 2.24) is 0 Å². The van der Waals surface area contributed by atoms with Crippen LogP contribution >= 0.6 is 0 Å². The van der Waals surface area contributed by atoms with Crippen molar-refractivity contribution in [3.63, 3.8) is 0 Å². The molecule has 1 aliphatic carbocycles. The zero-order valence-corrected chi connectivity index (χ0v) is 6.46. The molecule has 0 saturated carbocycles. The van der Waals surface area contributed by atoms with E-state index in [9.17, 15) is 4.79 Å². The second kappa shape index (κ2) is 3.25. The van der Waals surface area contributed by atoms with E-state index in [-0.39, 0.29) is 12.1 Å². The number of esters is 1. The summed E-state index contributed by atoms with van der Waals surface area (Å²) in [6, 6.07) is 0. The molecule has 1 aliphatic rings. The van der Waals surface area contributed by atoms with Crippen LogP contribution in [0.1, 0.15) is 19.8 Å². The maximum atomic E-state index is 10.5. The van der Waals surface area contributed by atoms with Crippen molar-refractivity contribution in [2.75, 3.05) is 0 Å². The van der Waals surface area contributed by atoms with Crippen LogP contribution in [0.2, 0.25) is 0 Å². The van der Waals surface area contributed by atoms with E-state index in [2.05, 4.69) is 5.92 Å². The maximum absolute atomic E-state index is 10.5. The van der Waals surface area contributed by atoms with E-state index < -0.39 is 0 Å². The SMILES string of the molecule is C#CC1=CC(OC(C)=O)CC1. The van der Waals surface area contributed by atoms with Gasteiger partial charge < -0.3 is 4.74 Å². The molecule has 0 fully saturated rings. The third kappa shape index (κ3) is 2.12. The van der Waals surface area contributed by atoms with Crippen LogP contribution in [0.3, 0.4) is 0 Å². The van der Waals surface area contributed by atoms with E-state index in [1.807, 2.05) is 6.08 Å². The molecule has 0 heterocycles. The Morgan fingerprint density at radius 1 is 1.91 bits per heavy atom. The number of carbonyl (C=O) groups excluding carboxylic acids is 1. The van der Waals surface area contributed by atoms with E-state index in [1.165, 1.54) is 6.92 Å². The molecule has 2 nitrogen and oxygen atoms in total. The minimum atomic E-state index is -0.246. The number of hydrogen-bond donors (Lipinski definition) is 0. The van der Waals surface area contributed by atoms with Gasteiger partial charge in [0.15, 0.2) is 0 Å².